The van der Waals surface area contributed by atoms with E-state index in [0.29, 0.717) is 31.9 Å². The number of benzene rings is 1. The van der Waals surface area contributed by atoms with Crippen LogP contribution in [0.4, 0.5) is 4.79 Å². The van der Waals surface area contributed by atoms with Crippen molar-refractivity contribution in [2.24, 2.45) is 4.99 Å². The fourth-order valence-electron chi connectivity index (χ4n) is 2.87. The van der Waals surface area contributed by atoms with Crippen molar-refractivity contribution in [2.45, 2.75) is 38.6 Å². The fourth-order valence-corrected chi connectivity index (χ4v) is 3.08. The molecule has 1 saturated heterocycles. The number of aliphatic imine (C=N–C) groups is 1. The maximum Gasteiger partial charge on any atom is 0.325 e. The zero-order valence-corrected chi connectivity index (χ0v) is 16.9. The van der Waals surface area contributed by atoms with Gasteiger partial charge in [0.15, 0.2) is 5.96 Å². The van der Waals surface area contributed by atoms with Gasteiger partial charge < -0.3 is 16.0 Å². The van der Waals surface area contributed by atoms with Crippen molar-refractivity contribution >= 4 is 29.5 Å². The van der Waals surface area contributed by atoms with Gasteiger partial charge in [-0.3, -0.25) is 14.7 Å². The molecule has 1 aromatic rings. The van der Waals surface area contributed by atoms with E-state index >= 15 is 0 Å². The molecule has 0 bridgehead atoms. The van der Waals surface area contributed by atoms with Gasteiger partial charge in [-0.05, 0) is 43.9 Å². The highest BCUT2D eigenvalue weighted by molar-refractivity contribution is 6.30. The molecular formula is C19H28ClN5O2. The number of amides is 3. The van der Waals surface area contributed by atoms with Crippen LogP contribution in [0.25, 0.3) is 0 Å². The molecule has 0 radical (unpaired) electrons. The maximum atomic E-state index is 12.3. The first-order valence-corrected chi connectivity index (χ1v) is 9.60. The van der Waals surface area contributed by atoms with Crippen LogP contribution in [0.3, 0.4) is 0 Å². The van der Waals surface area contributed by atoms with Crippen LogP contribution in [0.15, 0.2) is 29.3 Å². The number of halogens is 1. The molecule has 0 spiro atoms. The molecule has 148 valence electrons. The van der Waals surface area contributed by atoms with Gasteiger partial charge in [-0.2, -0.15) is 0 Å². The number of hydrogen-bond acceptors (Lipinski definition) is 3. The largest absolute Gasteiger partial charge is 0.356 e. The predicted molar refractivity (Wildman–Crippen MR) is 108 cm³/mol. The lowest BCUT2D eigenvalue weighted by atomic mass is 9.99. The Morgan fingerprint density at radius 2 is 2.04 bits per heavy atom. The molecule has 0 aliphatic carbocycles. The standard InChI is InChI=1S/C19H28ClN5O2/c1-4-19(2)16(26)25(18(27)24-19)12-6-10-22-17(21-3)23-11-9-14-7-5-8-15(20)13-14/h5,7-8,13H,4,6,9-12H2,1-3H3,(H,24,27)(H2,21,22,23). The van der Waals surface area contributed by atoms with Gasteiger partial charge in [0.2, 0.25) is 0 Å². The molecule has 1 aromatic carbocycles. The molecular weight excluding hydrogens is 366 g/mol. The topological polar surface area (TPSA) is 85.8 Å². The smallest absolute Gasteiger partial charge is 0.325 e. The van der Waals surface area contributed by atoms with Crippen LogP contribution in [0.5, 0.6) is 0 Å². The third-order valence-electron chi connectivity index (χ3n) is 4.72. The Morgan fingerprint density at radius 1 is 1.30 bits per heavy atom. The zero-order chi connectivity index (χ0) is 19.9. The average Bonchev–Trinajstić information content (AvgIpc) is 2.87. The van der Waals surface area contributed by atoms with Crippen molar-refractivity contribution in [2.75, 3.05) is 26.7 Å². The van der Waals surface area contributed by atoms with Crippen molar-refractivity contribution < 1.29 is 9.59 Å². The molecule has 3 N–H and O–H groups in total. The molecule has 0 aromatic heterocycles. The molecule has 1 heterocycles. The van der Waals surface area contributed by atoms with Gasteiger partial charge in [-0.15, -0.1) is 0 Å². The Balaban J connectivity index is 1.69. The third-order valence-corrected chi connectivity index (χ3v) is 4.96. The van der Waals surface area contributed by atoms with E-state index in [0.717, 1.165) is 23.6 Å². The highest BCUT2D eigenvalue weighted by Gasteiger charge is 2.45. The van der Waals surface area contributed by atoms with Gasteiger partial charge in [0.1, 0.15) is 5.54 Å². The fraction of sp³-hybridized carbons (Fsp3) is 0.526. The monoisotopic (exact) mass is 393 g/mol. The van der Waals surface area contributed by atoms with Gasteiger partial charge in [0.25, 0.3) is 5.91 Å². The molecule has 27 heavy (non-hydrogen) atoms. The molecule has 1 atom stereocenters. The highest BCUT2D eigenvalue weighted by atomic mass is 35.5. The SMILES string of the molecule is CCC1(C)NC(=O)N(CCCNC(=NC)NCCc2cccc(Cl)c2)C1=O. The molecule has 1 fully saturated rings. The van der Waals surface area contributed by atoms with E-state index in [1.165, 1.54) is 4.90 Å². The quantitative estimate of drug-likeness (QED) is 0.273. The Kier molecular flexibility index (Phi) is 7.47. The first-order chi connectivity index (χ1) is 12.9. The van der Waals surface area contributed by atoms with Gasteiger partial charge in [-0.1, -0.05) is 30.7 Å². The average molecular weight is 394 g/mol. The lowest BCUT2D eigenvalue weighted by molar-refractivity contribution is -0.130. The minimum absolute atomic E-state index is 0.154. The lowest BCUT2D eigenvalue weighted by Gasteiger charge is -2.19. The van der Waals surface area contributed by atoms with Crippen LogP contribution in [0.2, 0.25) is 5.02 Å². The van der Waals surface area contributed by atoms with Crippen molar-refractivity contribution in [3.63, 3.8) is 0 Å². The van der Waals surface area contributed by atoms with Crippen LogP contribution in [0, 0.1) is 0 Å². The molecule has 2 rings (SSSR count). The van der Waals surface area contributed by atoms with E-state index in [1.807, 2.05) is 31.2 Å². The third kappa shape index (κ3) is 5.60. The molecule has 1 aliphatic rings. The van der Waals surface area contributed by atoms with Gasteiger partial charge in [-0.25, -0.2) is 4.79 Å². The molecule has 0 saturated carbocycles. The van der Waals surface area contributed by atoms with Gasteiger partial charge in [0, 0.05) is 31.7 Å². The first-order valence-electron chi connectivity index (χ1n) is 9.22. The van der Waals surface area contributed by atoms with Crippen LogP contribution in [-0.4, -0.2) is 55.0 Å². The first kappa shape index (κ1) is 21.0. The number of guanidine groups is 1. The van der Waals surface area contributed by atoms with E-state index < -0.39 is 5.54 Å². The second kappa shape index (κ2) is 9.60. The summed E-state index contributed by atoms with van der Waals surface area (Å²) in [7, 11) is 1.71. The number of hydrogen-bond donors (Lipinski definition) is 3. The summed E-state index contributed by atoms with van der Waals surface area (Å²) in [6.07, 6.45) is 2.06. The van der Waals surface area contributed by atoms with E-state index in [1.54, 1.807) is 14.0 Å². The van der Waals surface area contributed by atoms with Crippen LogP contribution in [0.1, 0.15) is 32.3 Å². The Morgan fingerprint density at radius 3 is 2.67 bits per heavy atom. The van der Waals surface area contributed by atoms with Crippen molar-refractivity contribution in [1.82, 2.24) is 20.9 Å². The minimum Gasteiger partial charge on any atom is -0.356 e. The summed E-state index contributed by atoms with van der Waals surface area (Å²) in [5.74, 6) is 0.534. The van der Waals surface area contributed by atoms with Crippen LogP contribution < -0.4 is 16.0 Å². The van der Waals surface area contributed by atoms with Gasteiger partial charge >= 0.3 is 6.03 Å². The second-order valence-electron chi connectivity index (χ2n) is 6.73. The number of carbonyl (C=O) groups is 2. The van der Waals surface area contributed by atoms with Crippen LogP contribution >= 0.6 is 11.6 Å². The van der Waals surface area contributed by atoms with Crippen molar-refractivity contribution in [3.8, 4) is 0 Å². The summed E-state index contributed by atoms with van der Waals surface area (Å²) in [4.78, 5) is 29.8. The summed E-state index contributed by atoms with van der Waals surface area (Å²) in [5, 5.41) is 9.93. The van der Waals surface area contributed by atoms with E-state index in [-0.39, 0.29) is 11.9 Å². The number of rotatable bonds is 8. The van der Waals surface area contributed by atoms with Crippen molar-refractivity contribution in [3.05, 3.63) is 34.9 Å². The lowest BCUT2D eigenvalue weighted by Crippen LogP contribution is -2.43. The van der Waals surface area contributed by atoms with E-state index in [4.69, 9.17) is 11.6 Å². The van der Waals surface area contributed by atoms with E-state index in [2.05, 4.69) is 20.9 Å². The summed E-state index contributed by atoms with van der Waals surface area (Å²) in [6, 6.07) is 7.46. The Labute approximate surface area is 165 Å². The summed E-state index contributed by atoms with van der Waals surface area (Å²) < 4.78 is 0. The number of nitrogens with zero attached hydrogens (tertiary/aromatic N) is 2. The number of nitrogens with one attached hydrogen (secondary N) is 3. The normalized spacial score (nSPS) is 20.0. The molecule has 3 amide bonds. The highest BCUT2D eigenvalue weighted by Crippen LogP contribution is 2.20. The maximum absolute atomic E-state index is 12.3. The summed E-state index contributed by atoms with van der Waals surface area (Å²) >= 11 is 5.99. The molecule has 8 heteroatoms. The second-order valence-corrected chi connectivity index (χ2v) is 7.17. The number of carbonyl (C=O) groups excluding carboxylic acids is 2. The zero-order valence-electron chi connectivity index (χ0n) is 16.1. The molecule has 7 nitrogen and oxygen atoms in total. The Bertz CT molecular complexity index is 709. The predicted octanol–water partition coefficient (Wildman–Crippen LogP) is 2.16. The van der Waals surface area contributed by atoms with E-state index in [9.17, 15) is 9.59 Å². The summed E-state index contributed by atoms with van der Waals surface area (Å²) in [6.45, 7) is 5.37. The minimum atomic E-state index is -0.775. The molecule has 1 unspecified atom stereocenters. The number of imide groups is 1. The summed E-state index contributed by atoms with van der Waals surface area (Å²) in [5.41, 5.74) is 0.380. The van der Waals surface area contributed by atoms with Crippen molar-refractivity contribution in [1.29, 1.82) is 0 Å². The molecule has 1 aliphatic heterocycles. The van der Waals surface area contributed by atoms with Gasteiger partial charge in [0.05, 0.1) is 0 Å². The Hall–Kier alpha value is -2.28. The number of urea groups is 1. The van der Waals surface area contributed by atoms with Crippen LogP contribution in [-0.2, 0) is 11.2 Å².